The maximum Gasteiger partial charge on any atom is 0.332 e. The van der Waals surface area contributed by atoms with Crippen LogP contribution in [-0.2, 0) is 6.54 Å². The molecule has 1 saturated carbocycles. The Bertz CT molecular complexity index is 1050. The topological polar surface area (TPSA) is 44.0 Å². The summed E-state index contributed by atoms with van der Waals surface area (Å²) in [6.45, 7) is 0.396. The van der Waals surface area contributed by atoms with Gasteiger partial charge in [-0.15, -0.1) is 0 Å². The molecule has 128 valence electrons. The zero-order valence-electron chi connectivity index (χ0n) is 13.8. The van der Waals surface area contributed by atoms with Gasteiger partial charge in [0.05, 0.1) is 17.4 Å². The molecular weight excluding hydrogens is 336 g/mol. The first-order valence-corrected chi connectivity index (χ1v) is 9.01. The molecule has 0 unspecified atom stereocenters. The van der Waals surface area contributed by atoms with Gasteiger partial charge in [-0.25, -0.2) is 4.79 Å². The highest BCUT2D eigenvalue weighted by Crippen LogP contribution is 2.27. The van der Waals surface area contributed by atoms with Crippen LogP contribution in [0.15, 0.2) is 58.1 Å². The lowest BCUT2D eigenvalue weighted by Crippen LogP contribution is -2.42. The van der Waals surface area contributed by atoms with Crippen LogP contribution in [0.5, 0.6) is 0 Å². The number of halogens is 1. The van der Waals surface area contributed by atoms with Crippen LogP contribution in [0.25, 0.3) is 10.9 Å². The Morgan fingerprint density at radius 1 is 1.00 bits per heavy atom. The van der Waals surface area contributed by atoms with E-state index in [0.717, 1.165) is 31.2 Å². The van der Waals surface area contributed by atoms with Gasteiger partial charge in [-0.05, 0) is 42.7 Å². The average molecular weight is 355 g/mol. The average Bonchev–Trinajstić information content (AvgIpc) is 3.13. The molecule has 2 aromatic carbocycles. The predicted octanol–water partition coefficient (Wildman–Crippen LogP) is 3.98. The summed E-state index contributed by atoms with van der Waals surface area (Å²) in [5.41, 5.74) is 1.22. The van der Waals surface area contributed by atoms with E-state index in [1.54, 1.807) is 10.6 Å². The van der Waals surface area contributed by atoms with Gasteiger partial charge in [-0.3, -0.25) is 13.9 Å². The fourth-order valence-electron chi connectivity index (χ4n) is 3.79. The quantitative estimate of drug-likeness (QED) is 0.714. The molecule has 0 bridgehead atoms. The Kier molecular flexibility index (Phi) is 4.22. The van der Waals surface area contributed by atoms with Crippen molar-refractivity contribution in [1.29, 1.82) is 0 Å². The Morgan fingerprint density at radius 2 is 1.76 bits per heavy atom. The van der Waals surface area contributed by atoms with Gasteiger partial charge in [-0.1, -0.05) is 48.7 Å². The first-order valence-electron chi connectivity index (χ1n) is 8.63. The molecule has 0 atom stereocenters. The van der Waals surface area contributed by atoms with Crippen molar-refractivity contribution in [1.82, 2.24) is 9.13 Å². The summed E-state index contributed by atoms with van der Waals surface area (Å²) in [5, 5.41) is 1.23. The highest BCUT2D eigenvalue weighted by atomic mass is 35.5. The van der Waals surface area contributed by atoms with E-state index < -0.39 is 0 Å². The van der Waals surface area contributed by atoms with E-state index in [-0.39, 0.29) is 17.3 Å². The second-order valence-electron chi connectivity index (χ2n) is 6.63. The first kappa shape index (κ1) is 16.2. The van der Waals surface area contributed by atoms with Crippen LogP contribution in [0.2, 0.25) is 5.02 Å². The fourth-order valence-corrected chi connectivity index (χ4v) is 4.01. The molecule has 0 radical (unpaired) electrons. The zero-order chi connectivity index (χ0) is 17.4. The van der Waals surface area contributed by atoms with Gasteiger partial charge in [0.15, 0.2) is 0 Å². The van der Waals surface area contributed by atoms with Gasteiger partial charge in [0.2, 0.25) is 0 Å². The van der Waals surface area contributed by atoms with Crippen LogP contribution in [0.1, 0.15) is 37.3 Å². The molecule has 0 amide bonds. The van der Waals surface area contributed by atoms with E-state index in [4.69, 9.17) is 11.6 Å². The molecule has 0 spiro atoms. The van der Waals surface area contributed by atoms with Gasteiger partial charge >= 0.3 is 5.69 Å². The van der Waals surface area contributed by atoms with E-state index >= 15 is 0 Å². The summed E-state index contributed by atoms with van der Waals surface area (Å²) in [7, 11) is 0. The lowest BCUT2D eigenvalue weighted by Gasteiger charge is -2.18. The van der Waals surface area contributed by atoms with Crippen LogP contribution in [0, 0.1) is 0 Å². The molecule has 0 N–H and O–H groups in total. The summed E-state index contributed by atoms with van der Waals surface area (Å²) < 4.78 is 3.17. The lowest BCUT2D eigenvalue weighted by atomic mass is 10.2. The largest absolute Gasteiger partial charge is 0.332 e. The molecule has 1 fully saturated rings. The second-order valence-corrected chi connectivity index (χ2v) is 7.07. The van der Waals surface area contributed by atoms with Crippen LogP contribution >= 0.6 is 11.6 Å². The second kappa shape index (κ2) is 6.52. The number of para-hydroxylation sites is 1. The van der Waals surface area contributed by atoms with Crippen LogP contribution in [0.4, 0.5) is 0 Å². The Labute approximate surface area is 150 Å². The van der Waals surface area contributed by atoms with Crippen molar-refractivity contribution in [3.05, 3.63) is 80.0 Å². The first-order chi connectivity index (χ1) is 12.1. The lowest BCUT2D eigenvalue weighted by molar-refractivity contribution is 0.466. The smallest absolute Gasteiger partial charge is 0.289 e. The number of fused-ring (bicyclic) bond motifs is 1. The third kappa shape index (κ3) is 2.91. The minimum absolute atomic E-state index is 0.00946. The van der Waals surface area contributed by atoms with Crippen molar-refractivity contribution in [3.63, 3.8) is 0 Å². The van der Waals surface area contributed by atoms with Crippen molar-refractivity contribution in [2.45, 2.75) is 38.3 Å². The predicted molar refractivity (Wildman–Crippen MR) is 101 cm³/mol. The zero-order valence-corrected chi connectivity index (χ0v) is 14.6. The summed E-state index contributed by atoms with van der Waals surface area (Å²) in [4.78, 5) is 26.1. The molecule has 0 aliphatic heterocycles. The summed E-state index contributed by atoms with van der Waals surface area (Å²) in [6.07, 6.45) is 3.92. The third-order valence-corrected chi connectivity index (χ3v) is 5.24. The van der Waals surface area contributed by atoms with Crippen molar-refractivity contribution < 1.29 is 0 Å². The Hall–Kier alpha value is -2.33. The SMILES string of the molecule is O=c1c2ccccc2n(Cc2cccc(Cl)c2)c(=O)n1C1CCCC1. The molecule has 4 rings (SSSR count). The minimum atomic E-state index is -0.226. The van der Waals surface area contributed by atoms with E-state index in [1.807, 2.05) is 42.5 Å². The van der Waals surface area contributed by atoms with Crippen molar-refractivity contribution in [3.8, 4) is 0 Å². The molecule has 3 aromatic rings. The van der Waals surface area contributed by atoms with Crippen LogP contribution < -0.4 is 11.2 Å². The van der Waals surface area contributed by atoms with E-state index in [0.29, 0.717) is 22.5 Å². The number of hydrogen-bond acceptors (Lipinski definition) is 2. The van der Waals surface area contributed by atoms with Gasteiger partial charge in [0.1, 0.15) is 0 Å². The van der Waals surface area contributed by atoms with Gasteiger partial charge in [0.25, 0.3) is 5.56 Å². The van der Waals surface area contributed by atoms with Crippen molar-refractivity contribution in [2.75, 3.05) is 0 Å². The van der Waals surface area contributed by atoms with Crippen molar-refractivity contribution >= 4 is 22.5 Å². The minimum Gasteiger partial charge on any atom is -0.289 e. The normalized spacial score (nSPS) is 15.1. The molecule has 25 heavy (non-hydrogen) atoms. The standard InChI is InChI=1S/C20H19ClN2O2/c21-15-7-5-6-14(12-15)13-22-18-11-4-3-10-17(18)19(24)23(20(22)25)16-8-1-2-9-16/h3-7,10-12,16H,1-2,8-9,13H2. The third-order valence-electron chi connectivity index (χ3n) is 5.00. The van der Waals surface area contributed by atoms with Crippen LogP contribution in [-0.4, -0.2) is 9.13 Å². The van der Waals surface area contributed by atoms with E-state index in [2.05, 4.69) is 0 Å². The molecule has 0 saturated heterocycles. The fraction of sp³-hybridized carbons (Fsp3) is 0.300. The number of hydrogen-bond donors (Lipinski definition) is 0. The van der Waals surface area contributed by atoms with Gasteiger partial charge < -0.3 is 0 Å². The number of rotatable bonds is 3. The van der Waals surface area contributed by atoms with Crippen molar-refractivity contribution in [2.24, 2.45) is 0 Å². The summed E-state index contributed by atoms with van der Waals surface area (Å²) in [5.74, 6) is 0. The number of benzene rings is 2. The molecule has 1 aliphatic carbocycles. The molecule has 5 heteroatoms. The Morgan fingerprint density at radius 3 is 2.52 bits per heavy atom. The van der Waals surface area contributed by atoms with Crippen LogP contribution in [0.3, 0.4) is 0 Å². The molecule has 1 heterocycles. The maximum atomic E-state index is 13.2. The highest BCUT2D eigenvalue weighted by molar-refractivity contribution is 6.30. The maximum absolute atomic E-state index is 13.2. The molecular formula is C20H19ClN2O2. The van der Waals surface area contributed by atoms with E-state index in [1.165, 1.54) is 4.57 Å². The number of aromatic nitrogens is 2. The Balaban J connectivity index is 1.96. The van der Waals surface area contributed by atoms with E-state index in [9.17, 15) is 9.59 Å². The molecule has 1 aromatic heterocycles. The monoisotopic (exact) mass is 354 g/mol. The summed E-state index contributed by atoms with van der Waals surface area (Å²) in [6, 6.07) is 14.8. The molecule has 1 aliphatic rings. The highest BCUT2D eigenvalue weighted by Gasteiger charge is 2.23. The number of nitrogens with zero attached hydrogens (tertiary/aromatic N) is 2. The van der Waals surface area contributed by atoms with Gasteiger partial charge in [-0.2, -0.15) is 0 Å². The molecule has 4 nitrogen and oxygen atoms in total. The van der Waals surface area contributed by atoms with Gasteiger partial charge in [0, 0.05) is 11.1 Å². The summed E-state index contributed by atoms with van der Waals surface area (Å²) >= 11 is 6.09.